The summed E-state index contributed by atoms with van der Waals surface area (Å²) in [6.07, 6.45) is 0.694. The lowest BCUT2D eigenvalue weighted by Gasteiger charge is -2.29. The van der Waals surface area contributed by atoms with Crippen LogP contribution >= 0.6 is 0 Å². The molecule has 15 heavy (non-hydrogen) atoms. The van der Waals surface area contributed by atoms with Gasteiger partial charge in [-0.2, -0.15) is 0 Å². The number of nitrogens with zero attached hydrogens (tertiary/aromatic N) is 1. The molecular weight excluding hydrogens is 186 g/mol. The summed E-state index contributed by atoms with van der Waals surface area (Å²) < 4.78 is 0. The van der Waals surface area contributed by atoms with Crippen LogP contribution in [0, 0.1) is 0 Å². The Kier molecular flexibility index (Phi) is 2.61. The number of likely N-dealkylation sites (tertiary alicyclic amines) is 1. The van der Waals surface area contributed by atoms with Crippen molar-refractivity contribution >= 4 is 5.78 Å². The molecule has 0 aromatic heterocycles. The maximum absolute atomic E-state index is 11.7. The molecule has 80 valence electrons. The second kappa shape index (κ2) is 3.78. The van der Waals surface area contributed by atoms with Crippen LogP contribution in [0.2, 0.25) is 0 Å². The summed E-state index contributed by atoms with van der Waals surface area (Å²) in [5, 5.41) is 0. The van der Waals surface area contributed by atoms with E-state index in [0.717, 1.165) is 13.1 Å². The summed E-state index contributed by atoms with van der Waals surface area (Å²) in [6.45, 7) is 5.80. The second-order valence-corrected chi connectivity index (χ2v) is 4.64. The molecular formula is C13H17NO. The number of carbonyl (C=O) groups excluding carboxylic acids is 1. The summed E-state index contributed by atoms with van der Waals surface area (Å²) in [5.74, 6) is 0.360. The van der Waals surface area contributed by atoms with Gasteiger partial charge in [-0.15, -0.1) is 0 Å². The maximum atomic E-state index is 11.7. The van der Waals surface area contributed by atoms with Crippen LogP contribution in [0.4, 0.5) is 0 Å². The first-order chi connectivity index (χ1) is 7.10. The van der Waals surface area contributed by atoms with Crippen LogP contribution in [0.25, 0.3) is 0 Å². The van der Waals surface area contributed by atoms with Gasteiger partial charge in [-0.1, -0.05) is 30.3 Å². The zero-order valence-electron chi connectivity index (χ0n) is 9.36. The van der Waals surface area contributed by atoms with E-state index in [0.29, 0.717) is 12.2 Å². The van der Waals surface area contributed by atoms with Gasteiger partial charge in [0.25, 0.3) is 0 Å². The van der Waals surface area contributed by atoms with E-state index < -0.39 is 0 Å². The van der Waals surface area contributed by atoms with Crippen molar-refractivity contribution in [2.45, 2.75) is 32.4 Å². The van der Waals surface area contributed by atoms with E-state index in [4.69, 9.17) is 0 Å². The smallest absolute Gasteiger partial charge is 0.153 e. The molecule has 1 aliphatic rings. The molecule has 0 N–H and O–H groups in total. The number of benzene rings is 1. The van der Waals surface area contributed by atoms with E-state index in [2.05, 4.69) is 17.0 Å². The summed E-state index contributed by atoms with van der Waals surface area (Å²) >= 11 is 0. The van der Waals surface area contributed by atoms with Gasteiger partial charge in [0.15, 0.2) is 5.78 Å². The highest BCUT2D eigenvalue weighted by atomic mass is 16.1. The van der Waals surface area contributed by atoms with Crippen molar-refractivity contribution < 1.29 is 4.79 Å². The van der Waals surface area contributed by atoms with Crippen molar-refractivity contribution in [2.75, 3.05) is 6.54 Å². The quantitative estimate of drug-likeness (QED) is 0.734. The lowest BCUT2D eigenvalue weighted by Crippen LogP contribution is -2.42. The zero-order valence-corrected chi connectivity index (χ0v) is 9.36. The van der Waals surface area contributed by atoms with E-state index in [1.807, 2.05) is 32.0 Å². The number of Topliss-reactive ketones (excluding diaryl/α,β-unsaturated/α-hetero) is 1. The van der Waals surface area contributed by atoms with Crippen molar-refractivity contribution in [2.24, 2.45) is 0 Å². The van der Waals surface area contributed by atoms with Gasteiger partial charge in [0.2, 0.25) is 0 Å². The number of hydrogen-bond acceptors (Lipinski definition) is 2. The molecule has 0 amide bonds. The minimum atomic E-state index is -0.282. The molecule has 0 radical (unpaired) electrons. The standard InChI is InChI=1S/C13H17NO/c1-13(2)12(15)8-9-14(13)10-11-6-4-3-5-7-11/h3-7H,8-10H2,1-2H3. The van der Waals surface area contributed by atoms with E-state index >= 15 is 0 Å². The molecule has 2 nitrogen and oxygen atoms in total. The fourth-order valence-corrected chi connectivity index (χ4v) is 2.08. The lowest BCUT2D eigenvalue weighted by atomic mass is 10.00. The molecule has 1 aromatic carbocycles. The molecule has 2 rings (SSSR count). The Morgan fingerprint density at radius 1 is 1.27 bits per heavy atom. The molecule has 0 aliphatic carbocycles. The van der Waals surface area contributed by atoms with Crippen molar-refractivity contribution in [3.8, 4) is 0 Å². The molecule has 2 heteroatoms. The number of carbonyl (C=O) groups is 1. The van der Waals surface area contributed by atoms with Crippen molar-refractivity contribution in [1.82, 2.24) is 4.90 Å². The largest absolute Gasteiger partial charge is 0.298 e. The predicted octanol–water partition coefficient (Wildman–Crippen LogP) is 2.24. The van der Waals surface area contributed by atoms with Crippen LogP contribution in [0.15, 0.2) is 30.3 Å². The van der Waals surface area contributed by atoms with Gasteiger partial charge < -0.3 is 0 Å². The van der Waals surface area contributed by atoms with Crippen LogP contribution in [-0.4, -0.2) is 22.8 Å². The fourth-order valence-electron chi connectivity index (χ4n) is 2.08. The third-order valence-electron chi connectivity index (χ3n) is 3.30. The fraction of sp³-hybridized carbons (Fsp3) is 0.462. The number of rotatable bonds is 2. The molecule has 0 spiro atoms. The molecule has 0 unspecified atom stereocenters. The number of hydrogen-bond donors (Lipinski definition) is 0. The molecule has 0 atom stereocenters. The van der Waals surface area contributed by atoms with Crippen LogP contribution in [0.3, 0.4) is 0 Å². The van der Waals surface area contributed by atoms with Crippen LogP contribution in [0.5, 0.6) is 0 Å². The zero-order chi connectivity index (χ0) is 10.9. The summed E-state index contributed by atoms with van der Waals surface area (Å²) in [6, 6.07) is 10.3. The molecule has 1 aliphatic heterocycles. The van der Waals surface area contributed by atoms with Gasteiger partial charge in [0, 0.05) is 19.5 Å². The van der Waals surface area contributed by atoms with E-state index in [-0.39, 0.29) is 5.54 Å². The normalized spacial score (nSPS) is 20.8. The molecule has 0 saturated carbocycles. The second-order valence-electron chi connectivity index (χ2n) is 4.64. The Hall–Kier alpha value is -1.15. The Labute approximate surface area is 90.9 Å². The molecule has 1 saturated heterocycles. The SMILES string of the molecule is CC1(C)C(=O)CCN1Cc1ccccc1. The van der Waals surface area contributed by atoms with Gasteiger partial charge in [-0.25, -0.2) is 0 Å². The van der Waals surface area contributed by atoms with E-state index in [1.54, 1.807) is 0 Å². The summed E-state index contributed by atoms with van der Waals surface area (Å²) in [7, 11) is 0. The number of ketones is 1. The monoisotopic (exact) mass is 203 g/mol. The van der Waals surface area contributed by atoms with Gasteiger partial charge in [-0.05, 0) is 19.4 Å². The van der Waals surface area contributed by atoms with E-state index in [9.17, 15) is 4.79 Å². The topological polar surface area (TPSA) is 20.3 Å². The third-order valence-corrected chi connectivity index (χ3v) is 3.30. The lowest BCUT2D eigenvalue weighted by molar-refractivity contribution is -0.123. The molecule has 0 bridgehead atoms. The molecule has 1 aromatic rings. The van der Waals surface area contributed by atoms with Gasteiger partial charge in [-0.3, -0.25) is 9.69 Å². The van der Waals surface area contributed by atoms with Crippen molar-refractivity contribution in [1.29, 1.82) is 0 Å². The van der Waals surface area contributed by atoms with Crippen LogP contribution in [0.1, 0.15) is 25.8 Å². The van der Waals surface area contributed by atoms with Crippen LogP contribution in [-0.2, 0) is 11.3 Å². The van der Waals surface area contributed by atoms with E-state index in [1.165, 1.54) is 5.56 Å². The first kappa shape index (κ1) is 10.4. The van der Waals surface area contributed by atoms with Gasteiger partial charge in [0.05, 0.1) is 5.54 Å². The highest BCUT2D eigenvalue weighted by Gasteiger charge is 2.39. The Bertz CT molecular complexity index is 356. The average Bonchev–Trinajstić information content (AvgIpc) is 2.47. The molecule has 1 fully saturated rings. The van der Waals surface area contributed by atoms with Crippen molar-refractivity contribution in [3.05, 3.63) is 35.9 Å². The Morgan fingerprint density at radius 2 is 1.93 bits per heavy atom. The minimum Gasteiger partial charge on any atom is -0.298 e. The Balaban J connectivity index is 2.11. The van der Waals surface area contributed by atoms with Crippen LogP contribution < -0.4 is 0 Å². The van der Waals surface area contributed by atoms with Gasteiger partial charge in [0.1, 0.15) is 0 Å². The summed E-state index contributed by atoms with van der Waals surface area (Å²) in [5.41, 5.74) is 0.996. The average molecular weight is 203 g/mol. The highest BCUT2D eigenvalue weighted by molar-refractivity contribution is 5.89. The minimum absolute atomic E-state index is 0.282. The maximum Gasteiger partial charge on any atom is 0.153 e. The first-order valence-electron chi connectivity index (χ1n) is 5.43. The highest BCUT2D eigenvalue weighted by Crippen LogP contribution is 2.26. The predicted molar refractivity (Wildman–Crippen MR) is 60.6 cm³/mol. The Morgan fingerprint density at radius 3 is 2.47 bits per heavy atom. The first-order valence-corrected chi connectivity index (χ1v) is 5.43. The van der Waals surface area contributed by atoms with Gasteiger partial charge >= 0.3 is 0 Å². The summed E-state index contributed by atoms with van der Waals surface area (Å²) in [4.78, 5) is 13.9. The third kappa shape index (κ3) is 1.95. The molecule has 1 heterocycles. The van der Waals surface area contributed by atoms with Crippen molar-refractivity contribution in [3.63, 3.8) is 0 Å².